The van der Waals surface area contributed by atoms with Crippen LogP contribution in [0.3, 0.4) is 0 Å². The first-order valence-electron chi connectivity index (χ1n) is 10.3. The minimum atomic E-state index is -0.517. The molecule has 0 unspecified atom stereocenters. The van der Waals surface area contributed by atoms with E-state index in [2.05, 4.69) is 5.32 Å². The fourth-order valence-corrected chi connectivity index (χ4v) is 4.07. The predicted molar refractivity (Wildman–Crippen MR) is 111 cm³/mol. The van der Waals surface area contributed by atoms with E-state index < -0.39 is 5.79 Å². The molecule has 0 saturated heterocycles. The number of nitrogens with zero attached hydrogens (tertiary/aromatic N) is 1. The zero-order chi connectivity index (χ0) is 20.1. The van der Waals surface area contributed by atoms with Gasteiger partial charge in [-0.3, -0.25) is 9.69 Å². The number of aliphatic hydroxyl groups excluding tert-OH is 1. The SMILES string of the molecule is O=C(CN(CCO)Cc1ccccc1)Nc1ccc2c(c1)OC1(CCCCC1)O2. The van der Waals surface area contributed by atoms with Gasteiger partial charge >= 0.3 is 0 Å². The van der Waals surface area contributed by atoms with E-state index in [-0.39, 0.29) is 19.1 Å². The minimum Gasteiger partial charge on any atom is -0.448 e. The van der Waals surface area contributed by atoms with E-state index in [1.165, 1.54) is 6.42 Å². The number of carbonyl (C=O) groups excluding carboxylic acids is 1. The second-order valence-electron chi connectivity index (χ2n) is 7.81. The molecule has 1 fully saturated rings. The van der Waals surface area contributed by atoms with Crippen LogP contribution in [0.5, 0.6) is 11.5 Å². The van der Waals surface area contributed by atoms with Gasteiger partial charge in [-0.2, -0.15) is 0 Å². The lowest BCUT2D eigenvalue weighted by Gasteiger charge is -2.31. The maximum atomic E-state index is 12.6. The van der Waals surface area contributed by atoms with Crippen LogP contribution in [0.1, 0.15) is 37.7 Å². The van der Waals surface area contributed by atoms with Gasteiger partial charge in [0.25, 0.3) is 5.79 Å². The molecular formula is C23H28N2O4. The number of benzene rings is 2. The maximum absolute atomic E-state index is 12.6. The van der Waals surface area contributed by atoms with Crippen LogP contribution in [0.4, 0.5) is 5.69 Å². The van der Waals surface area contributed by atoms with Crippen molar-refractivity contribution in [3.63, 3.8) is 0 Å². The Bertz CT molecular complexity index is 834. The van der Waals surface area contributed by atoms with Crippen LogP contribution in [-0.4, -0.2) is 41.4 Å². The van der Waals surface area contributed by atoms with Crippen LogP contribution in [0, 0.1) is 0 Å². The summed E-state index contributed by atoms with van der Waals surface area (Å²) in [6, 6.07) is 15.5. The Balaban J connectivity index is 1.36. The maximum Gasteiger partial charge on any atom is 0.251 e. The smallest absolute Gasteiger partial charge is 0.251 e. The normalized spacial score (nSPS) is 16.9. The van der Waals surface area contributed by atoms with Gasteiger partial charge in [0, 0.05) is 37.7 Å². The quantitative estimate of drug-likeness (QED) is 0.749. The van der Waals surface area contributed by atoms with Gasteiger partial charge in [0.05, 0.1) is 13.2 Å². The van der Waals surface area contributed by atoms with Crippen molar-refractivity contribution in [2.75, 3.05) is 25.0 Å². The fraction of sp³-hybridized carbons (Fsp3) is 0.435. The largest absolute Gasteiger partial charge is 0.448 e. The molecule has 0 bridgehead atoms. The molecule has 2 N–H and O–H groups in total. The standard InChI is InChI=1S/C23H28N2O4/c26-14-13-25(16-18-7-3-1-4-8-18)17-22(27)24-19-9-10-20-21(15-19)29-23(28-20)11-5-2-6-12-23/h1,3-4,7-10,15,26H,2,5-6,11-14,16-17H2,(H,24,27). The van der Waals surface area contributed by atoms with E-state index in [1.54, 1.807) is 0 Å². The summed E-state index contributed by atoms with van der Waals surface area (Å²) in [5, 5.41) is 12.3. The lowest BCUT2D eigenvalue weighted by molar-refractivity contribution is -0.117. The highest BCUT2D eigenvalue weighted by molar-refractivity contribution is 5.92. The Labute approximate surface area is 171 Å². The predicted octanol–water partition coefficient (Wildman–Crippen LogP) is 3.55. The number of anilines is 1. The molecule has 6 heteroatoms. The number of amides is 1. The van der Waals surface area contributed by atoms with Crippen molar-refractivity contribution in [3.05, 3.63) is 54.1 Å². The van der Waals surface area contributed by atoms with Crippen LogP contribution < -0.4 is 14.8 Å². The van der Waals surface area contributed by atoms with Crippen molar-refractivity contribution < 1.29 is 19.4 Å². The average molecular weight is 396 g/mol. The molecule has 2 aliphatic rings. The molecule has 1 spiro atoms. The van der Waals surface area contributed by atoms with Gasteiger partial charge in [0.2, 0.25) is 5.91 Å². The third-order valence-corrected chi connectivity index (χ3v) is 5.47. The summed E-state index contributed by atoms with van der Waals surface area (Å²) >= 11 is 0. The second kappa shape index (κ2) is 8.84. The second-order valence-corrected chi connectivity index (χ2v) is 7.81. The Morgan fingerprint density at radius 1 is 1.03 bits per heavy atom. The Morgan fingerprint density at radius 3 is 2.55 bits per heavy atom. The summed E-state index contributed by atoms with van der Waals surface area (Å²) in [4.78, 5) is 14.5. The molecule has 2 aromatic carbocycles. The highest BCUT2D eigenvalue weighted by Crippen LogP contribution is 2.46. The number of fused-ring (bicyclic) bond motifs is 1. The first-order valence-corrected chi connectivity index (χ1v) is 10.3. The third-order valence-electron chi connectivity index (χ3n) is 5.47. The molecule has 1 saturated carbocycles. The van der Waals surface area contributed by atoms with Gasteiger partial charge in [-0.1, -0.05) is 36.8 Å². The summed E-state index contributed by atoms with van der Waals surface area (Å²) in [7, 11) is 0. The van der Waals surface area contributed by atoms with Gasteiger partial charge in [-0.15, -0.1) is 0 Å². The summed E-state index contributed by atoms with van der Waals surface area (Å²) in [6.07, 6.45) is 5.25. The van der Waals surface area contributed by atoms with Gasteiger partial charge in [0.1, 0.15) is 0 Å². The topological polar surface area (TPSA) is 71.0 Å². The monoisotopic (exact) mass is 396 g/mol. The summed E-state index contributed by atoms with van der Waals surface area (Å²) in [5.74, 6) is 0.800. The number of hydrogen-bond acceptors (Lipinski definition) is 5. The molecule has 1 amide bonds. The van der Waals surface area contributed by atoms with Gasteiger partial charge < -0.3 is 19.9 Å². The average Bonchev–Trinajstić information content (AvgIpc) is 3.06. The third kappa shape index (κ3) is 4.89. The van der Waals surface area contributed by atoms with E-state index in [0.717, 1.165) is 37.0 Å². The Kier molecular flexibility index (Phi) is 6.02. The van der Waals surface area contributed by atoms with Crippen molar-refractivity contribution in [3.8, 4) is 11.5 Å². The number of ether oxygens (including phenoxy) is 2. The first kappa shape index (κ1) is 19.7. The molecule has 0 aromatic heterocycles. The summed E-state index contributed by atoms with van der Waals surface area (Å²) < 4.78 is 12.2. The summed E-state index contributed by atoms with van der Waals surface area (Å²) in [5.41, 5.74) is 1.79. The van der Waals surface area contributed by atoms with E-state index in [0.29, 0.717) is 24.5 Å². The molecule has 0 radical (unpaired) electrons. The van der Waals surface area contributed by atoms with E-state index >= 15 is 0 Å². The molecule has 4 rings (SSSR count). The number of rotatable bonds is 7. The molecule has 1 aliphatic carbocycles. The number of carbonyl (C=O) groups is 1. The van der Waals surface area contributed by atoms with E-state index in [9.17, 15) is 9.90 Å². The Hall–Kier alpha value is -2.57. The molecule has 154 valence electrons. The highest BCUT2D eigenvalue weighted by Gasteiger charge is 2.42. The first-order chi connectivity index (χ1) is 14.2. The van der Waals surface area contributed by atoms with Crippen molar-refractivity contribution >= 4 is 11.6 Å². The molecule has 1 heterocycles. The van der Waals surface area contributed by atoms with E-state index in [1.807, 2.05) is 53.4 Å². The zero-order valence-corrected chi connectivity index (χ0v) is 16.6. The van der Waals surface area contributed by atoms with Crippen LogP contribution in [0.2, 0.25) is 0 Å². The molecule has 0 atom stereocenters. The number of nitrogens with one attached hydrogen (secondary N) is 1. The van der Waals surface area contributed by atoms with Crippen molar-refractivity contribution in [1.29, 1.82) is 0 Å². The van der Waals surface area contributed by atoms with Crippen molar-refractivity contribution in [2.45, 2.75) is 44.4 Å². The van der Waals surface area contributed by atoms with Crippen LogP contribution in [-0.2, 0) is 11.3 Å². The van der Waals surface area contributed by atoms with Gasteiger partial charge in [0.15, 0.2) is 11.5 Å². The lowest BCUT2D eigenvalue weighted by atomic mass is 9.94. The molecule has 6 nitrogen and oxygen atoms in total. The van der Waals surface area contributed by atoms with Crippen molar-refractivity contribution in [1.82, 2.24) is 4.90 Å². The Morgan fingerprint density at radius 2 is 1.79 bits per heavy atom. The van der Waals surface area contributed by atoms with Crippen LogP contribution in [0.15, 0.2) is 48.5 Å². The van der Waals surface area contributed by atoms with Crippen LogP contribution >= 0.6 is 0 Å². The highest BCUT2D eigenvalue weighted by atomic mass is 16.7. The van der Waals surface area contributed by atoms with E-state index in [4.69, 9.17) is 9.47 Å². The molecule has 2 aromatic rings. The van der Waals surface area contributed by atoms with Gasteiger partial charge in [-0.25, -0.2) is 0 Å². The summed E-state index contributed by atoms with van der Waals surface area (Å²) in [6.45, 7) is 1.25. The van der Waals surface area contributed by atoms with Gasteiger partial charge in [-0.05, 0) is 30.5 Å². The lowest BCUT2D eigenvalue weighted by Crippen LogP contribution is -2.40. The minimum absolute atomic E-state index is 0.00617. The number of hydrogen-bond donors (Lipinski definition) is 2. The number of aliphatic hydroxyl groups is 1. The van der Waals surface area contributed by atoms with Crippen molar-refractivity contribution in [2.24, 2.45) is 0 Å². The fourth-order valence-electron chi connectivity index (χ4n) is 4.07. The molecule has 29 heavy (non-hydrogen) atoms. The zero-order valence-electron chi connectivity index (χ0n) is 16.6. The molecule has 1 aliphatic heterocycles. The molecular weight excluding hydrogens is 368 g/mol. The van der Waals surface area contributed by atoms with Crippen LogP contribution in [0.25, 0.3) is 0 Å².